The van der Waals surface area contributed by atoms with Crippen LogP contribution in [0.15, 0.2) is 47.4 Å². The zero-order valence-electron chi connectivity index (χ0n) is 23.9. The molecule has 0 aliphatic carbocycles. The number of pyridine rings is 1. The number of H-pyrrole nitrogens is 1. The van der Waals surface area contributed by atoms with Crippen molar-refractivity contribution in [2.24, 2.45) is 0 Å². The van der Waals surface area contributed by atoms with Gasteiger partial charge in [-0.2, -0.15) is 13.2 Å². The lowest BCUT2D eigenvalue weighted by Crippen LogP contribution is -2.44. The van der Waals surface area contributed by atoms with Crippen LogP contribution in [0, 0.1) is 5.82 Å². The quantitative estimate of drug-likeness (QED) is 0.219. The minimum atomic E-state index is -4.43. The highest BCUT2D eigenvalue weighted by Crippen LogP contribution is 2.26. The van der Waals surface area contributed by atoms with E-state index in [0.717, 1.165) is 32.1 Å². The average Bonchev–Trinajstić information content (AvgIpc) is 3.65. The molecule has 3 N–H and O–H groups in total. The van der Waals surface area contributed by atoms with E-state index >= 15 is 0 Å². The summed E-state index contributed by atoms with van der Waals surface area (Å²) in [4.78, 5) is 59.2. The molecular formula is C29H32F4N6O5. The highest BCUT2D eigenvalue weighted by Gasteiger charge is 2.27. The van der Waals surface area contributed by atoms with Crippen molar-refractivity contribution in [1.82, 2.24) is 24.8 Å². The number of nitrogens with zero attached hydrogens (tertiary/aromatic N) is 3. The van der Waals surface area contributed by atoms with Crippen LogP contribution in [-0.4, -0.2) is 69.8 Å². The molecule has 3 aromatic rings. The number of halogens is 4. The molecule has 0 saturated carbocycles. The summed E-state index contributed by atoms with van der Waals surface area (Å²) in [6.45, 7) is 1.24. The van der Waals surface area contributed by atoms with Gasteiger partial charge >= 0.3 is 12.3 Å². The Kier molecular flexibility index (Phi) is 10.4. The van der Waals surface area contributed by atoms with Gasteiger partial charge in [-0.15, -0.1) is 0 Å². The summed E-state index contributed by atoms with van der Waals surface area (Å²) < 4.78 is 58.2. The minimum absolute atomic E-state index is 0.0765. The molecule has 236 valence electrons. The van der Waals surface area contributed by atoms with Gasteiger partial charge in [-0.1, -0.05) is 6.08 Å². The Labute approximate surface area is 249 Å². The number of rotatable bonds is 11. The number of aromatic amines is 1. The first-order chi connectivity index (χ1) is 20.9. The number of amides is 3. The van der Waals surface area contributed by atoms with Gasteiger partial charge in [-0.3, -0.25) is 14.4 Å². The molecule has 3 amide bonds. The van der Waals surface area contributed by atoms with Crippen LogP contribution in [0.4, 0.5) is 28.0 Å². The molecule has 0 radical (unpaired) electrons. The average molecular weight is 621 g/mol. The number of hydrogen-bond donors (Lipinski definition) is 3. The maximum Gasteiger partial charge on any atom is 0.407 e. The van der Waals surface area contributed by atoms with Crippen molar-refractivity contribution in [3.63, 3.8) is 0 Å². The molecule has 0 bridgehead atoms. The summed E-state index contributed by atoms with van der Waals surface area (Å²) in [7, 11) is 1.14. The Balaban J connectivity index is 1.46. The van der Waals surface area contributed by atoms with E-state index in [1.807, 2.05) is 0 Å². The molecule has 1 atom stereocenters. The van der Waals surface area contributed by atoms with E-state index in [9.17, 15) is 36.7 Å². The van der Waals surface area contributed by atoms with Crippen LogP contribution in [0.3, 0.4) is 0 Å². The molecule has 1 aromatic carbocycles. The fourth-order valence-corrected chi connectivity index (χ4v) is 4.84. The number of nitrogens with one attached hydrogen (secondary N) is 3. The number of likely N-dealkylation sites (tertiary alicyclic amines) is 1. The molecular weight excluding hydrogens is 588 g/mol. The van der Waals surface area contributed by atoms with Crippen LogP contribution in [0.1, 0.15) is 43.5 Å². The number of carbonyl (C=O) groups is 3. The van der Waals surface area contributed by atoms with Gasteiger partial charge in [-0.05, 0) is 68.0 Å². The number of anilines is 1. The SMILES string of the molecule is COC(=O)NC(CC/C=C/C(=O)N1CCCC1)C(=O)Nc1cccn(Cc2nc3c(CCC(F)(F)F)cc(F)cc3[nH]2)c1=O. The van der Waals surface area contributed by atoms with E-state index in [4.69, 9.17) is 0 Å². The molecule has 1 aliphatic heterocycles. The standard InChI is InChI=1S/C29H32F4N6O5/c1-44-28(43)36-20(7-2-3-9-24(40)38-12-4-5-13-38)26(41)35-21-8-6-14-39(27(21)42)17-23-34-22-16-19(30)15-18(25(22)37-23)10-11-29(31,32)33/h3,6,8-9,14-16,20H,2,4-5,7,10-13,17H2,1H3,(H,34,37)(H,35,41)(H,36,43)/b9-3+. The van der Waals surface area contributed by atoms with Crippen LogP contribution in [0.5, 0.6) is 0 Å². The molecule has 1 fully saturated rings. The lowest BCUT2D eigenvalue weighted by Gasteiger charge is -2.17. The first-order valence-electron chi connectivity index (χ1n) is 14.0. The predicted octanol–water partition coefficient (Wildman–Crippen LogP) is 4.03. The Hall–Kier alpha value is -4.69. The Bertz CT molecular complexity index is 1590. The van der Waals surface area contributed by atoms with Crippen molar-refractivity contribution in [3.8, 4) is 0 Å². The van der Waals surface area contributed by atoms with Gasteiger partial charge in [0.1, 0.15) is 23.4 Å². The third-order valence-corrected chi connectivity index (χ3v) is 7.05. The molecule has 1 saturated heterocycles. The van der Waals surface area contributed by atoms with Crippen molar-refractivity contribution in [1.29, 1.82) is 0 Å². The van der Waals surface area contributed by atoms with Crippen molar-refractivity contribution in [2.45, 2.75) is 57.3 Å². The number of imidazole rings is 1. The summed E-state index contributed by atoms with van der Waals surface area (Å²) in [5, 5.41) is 4.93. The normalized spacial score (nSPS) is 14.2. The van der Waals surface area contributed by atoms with Crippen molar-refractivity contribution >= 4 is 34.6 Å². The maximum absolute atomic E-state index is 14.1. The highest BCUT2D eigenvalue weighted by molar-refractivity contribution is 5.96. The fourth-order valence-electron chi connectivity index (χ4n) is 4.84. The smallest absolute Gasteiger partial charge is 0.407 e. The summed E-state index contributed by atoms with van der Waals surface area (Å²) in [5.74, 6) is -1.36. The van der Waals surface area contributed by atoms with E-state index in [2.05, 4.69) is 25.3 Å². The maximum atomic E-state index is 14.1. The number of alkyl carbamates (subject to hydrolysis) is 1. The first-order valence-corrected chi connectivity index (χ1v) is 14.0. The minimum Gasteiger partial charge on any atom is -0.453 e. The van der Waals surface area contributed by atoms with Gasteiger partial charge in [0.2, 0.25) is 11.8 Å². The van der Waals surface area contributed by atoms with Gasteiger partial charge in [0.05, 0.1) is 24.7 Å². The van der Waals surface area contributed by atoms with Gasteiger partial charge < -0.3 is 29.8 Å². The number of carbonyl (C=O) groups excluding carboxylic acids is 3. The second-order valence-electron chi connectivity index (χ2n) is 10.3. The summed E-state index contributed by atoms with van der Waals surface area (Å²) in [6, 6.07) is 3.87. The van der Waals surface area contributed by atoms with E-state index < -0.39 is 48.4 Å². The van der Waals surface area contributed by atoms with Gasteiger partial charge in [-0.25, -0.2) is 14.2 Å². The number of methoxy groups -OCH3 is 1. The third kappa shape index (κ3) is 8.67. The van der Waals surface area contributed by atoms with E-state index in [-0.39, 0.29) is 53.4 Å². The van der Waals surface area contributed by atoms with Crippen molar-refractivity contribution in [3.05, 3.63) is 70.2 Å². The number of allylic oxidation sites excluding steroid dienone is 1. The van der Waals surface area contributed by atoms with Crippen molar-refractivity contribution < 1.29 is 36.7 Å². The molecule has 4 rings (SSSR count). The predicted molar refractivity (Wildman–Crippen MR) is 152 cm³/mol. The number of aromatic nitrogens is 3. The zero-order chi connectivity index (χ0) is 31.9. The number of benzene rings is 1. The topological polar surface area (TPSA) is 138 Å². The Morgan fingerprint density at radius 3 is 2.66 bits per heavy atom. The summed E-state index contributed by atoms with van der Waals surface area (Å²) >= 11 is 0. The van der Waals surface area contributed by atoms with E-state index in [1.54, 1.807) is 11.0 Å². The van der Waals surface area contributed by atoms with E-state index in [0.29, 0.717) is 13.1 Å². The Morgan fingerprint density at radius 1 is 1.20 bits per heavy atom. The molecule has 11 nitrogen and oxygen atoms in total. The van der Waals surface area contributed by atoms with Crippen LogP contribution < -0.4 is 16.2 Å². The monoisotopic (exact) mass is 620 g/mol. The van der Waals surface area contributed by atoms with Crippen LogP contribution in [-0.2, 0) is 27.3 Å². The van der Waals surface area contributed by atoms with Crippen LogP contribution in [0.2, 0.25) is 0 Å². The van der Waals surface area contributed by atoms with Crippen molar-refractivity contribution in [2.75, 3.05) is 25.5 Å². The van der Waals surface area contributed by atoms with Gasteiger partial charge in [0.25, 0.3) is 5.56 Å². The molecule has 2 aromatic heterocycles. The Morgan fingerprint density at radius 2 is 1.95 bits per heavy atom. The number of aryl methyl sites for hydroxylation is 1. The van der Waals surface area contributed by atoms with Crippen LogP contribution in [0.25, 0.3) is 11.0 Å². The zero-order valence-corrected chi connectivity index (χ0v) is 23.9. The van der Waals surface area contributed by atoms with Gasteiger partial charge in [0, 0.05) is 25.7 Å². The highest BCUT2D eigenvalue weighted by atomic mass is 19.4. The number of fused-ring (bicyclic) bond motifs is 1. The molecule has 0 spiro atoms. The van der Waals surface area contributed by atoms with E-state index in [1.165, 1.54) is 29.0 Å². The first kappa shape index (κ1) is 32.2. The number of ether oxygens (including phenoxy) is 1. The molecule has 44 heavy (non-hydrogen) atoms. The molecule has 3 heterocycles. The second kappa shape index (κ2) is 14.2. The molecule has 1 unspecified atom stereocenters. The fraction of sp³-hybridized carbons (Fsp3) is 0.414. The lowest BCUT2D eigenvalue weighted by molar-refractivity contribution is -0.134. The molecule has 1 aliphatic rings. The number of alkyl halides is 3. The lowest BCUT2D eigenvalue weighted by atomic mass is 10.1. The number of hydrogen-bond acceptors (Lipinski definition) is 6. The second-order valence-corrected chi connectivity index (χ2v) is 10.3. The summed E-state index contributed by atoms with van der Waals surface area (Å²) in [6.07, 6.45) is -0.133. The largest absolute Gasteiger partial charge is 0.453 e. The van der Waals surface area contributed by atoms with Crippen LogP contribution >= 0.6 is 0 Å². The molecule has 15 heteroatoms. The summed E-state index contributed by atoms with van der Waals surface area (Å²) in [5.41, 5.74) is -0.314. The third-order valence-electron chi connectivity index (χ3n) is 7.05. The van der Waals surface area contributed by atoms with Gasteiger partial charge in [0.15, 0.2) is 0 Å².